The van der Waals surface area contributed by atoms with Crippen molar-refractivity contribution in [2.24, 2.45) is 5.92 Å². The number of anilines is 1. The largest absolute Gasteiger partial charge is 0.396 e. The average Bonchev–Trinajstić information content (AvgIpc) is 2.20. The Morgan fingerprint density at radius 3 is 2.80 bits per heavy atom. The zero-order valence-corrected chi connectivity index (χ0v) is 11.1. The first-order valence-corrected chi connectivity index (χ1v) is 6.06. The summed E-state index contributed by atoms with van der Waals surface area (Å²) in [6.07, 6.45) is 4.03. The summed E-state index contributed by atoms with van der Waals surface area (Å²) in [7, 11) is 0. The van der Waals surface area contributed by atoms with E-state index in [1.54, 1.807) is 6.20 Å². The Balaban J connectivity index is 2.69. The van der Waals surface area contributed by atoms with E-state index < -0.39 is 0 Å². The van der Waals surface area contributed by atoms with Crippen LogP contribution < -0.4 is 5.32 Å². The zero-order chi connectivity index (χ0) is 11.3. The highest BCUT2D eigenvalue weighted by Crippen LogP contribution is 2.17. The molecule has 1 aromatic heterocycles. The SMILES string of the molecule is CC(C)C(CCO)Nc1ncncc1I. The molecule has 15 heavy (non-hydrogen) atoms. The summed E-state index contributed by atoms with van der Waals surface area (Å²) in [6.45, 7) is 4.44. The van der Waals surface area contributed by atoms with Gasteiger partial charge in [0.2, 0.25) is 0 Å². The van der Waals surface area contributed by atoms with Crippen molar-refractivity contribution in [1.29, 1.82) is 0 Å². The van der Waals surface area contributed by atoms with Crippen molar-refractivity contribution in [1.82, 2.24) is 9.97 Å². The van der Waals surface area contributed by atoms with Gasteiger partial charge in [0.05, 0.1) is 3.57 Å². The molecule has 2 N–H and O–H groups in total. The molecule has 0 aliphatic carbocycles. The van der Waals surface area contributed by atoms with Crippen LogP contribution in [0.15, 0.2) is 12.5 Å². The quantitative estimate of drug-likeness (QED) is 0.814. The smallest absolute Gasteiger partial charge is 0.143 e. The second-order valence-corrected chi connectivity index (χ2v) is 4.89. The minimum absolute atomic E-state index is 0.192. The molecule has 0 aliphatic heterocycles. The second kappa shape index (κ2) is 6.22. The summed E-state index contributed by atoms with van der Waals surface area (Å²) < 4.78 is 0.999. The van der Waals surface area contributed by atoms with Gasteiger partial charge in [0.1, 0.15) is 12.1 Å². The molecule has 0 aliphatic rings. The molecule has 1 rings (SSSR count). The van der Waals surface area contributed by atoms with E-state index >= 15 is 0 Å². The lowest BCUT2D eigenvalue weighted by Crippen LogP contribution is -2.27. The van der Waals surface area contributed by atoms with Gasteiger partial charge in [-0.25, -0.2) is 9.97 Å². The van der Waals surface area contributed by atoms with Crippen molar-refractivity contribution >= 4 is 28.4 Å². The molecule has 0 bridgehead atoms. The van der Waals surface area contributed by atoms with E-state index in [0.29, 0.717) is 5.92 Å². The predicted molar refractivity (Wildman–Crippen MR) is 68.7 cm³/mol. The highest BCUT2D eigenvalue weighted by atomic mass is 127. The highest BCUT2D eigenvalue weighted by molar-refractivity contribution is 14.1. The van der Waals surface area contributed by atoms with Crippen LogP contribution >= 0.6 is 22.6 Å². The lowest BCUT2D eigenvalue weighted by Gasteiger charge is -2.22. The van der Waals surface area contributed by atoms with Crippen molar-refractivity contribution in [3.8, 4) is 0 Å². The van der Waals surface area contributed by atoms with E-state index in [1.165, 1.54) is 6.33 Å². The zero-order valence-electron chi connectivity index (χ0n) is 8.94. The maximum atomic E-state index is 8.96. The first-order valence-electron chi connectivity index (χ1n) is 4.98. The number of halogens is 1. The molecule has 0 saturated heterocycles. The minimum Gasteiger partial charge on any atom is -0.396 e. The number of aliphatic hydroxyl groups excluding tert-OH is 1. The molecular weight excluding hydrogens is 305 g/mol. The van der Waals surface area contributed by atoms with Gasteiger partial charge >= 0.3 is 0 Å². The third kappa shape index (κ3) is 3.90. The van der Waals surface area contributed by atoms with Crippen molar-refractivity contribution in [2.45, 2.75) is 26.3 Å². The lowest BCUT2D eigenvalue weighted by molar-refractivity contribution is 0.267. The Labute approximate surface area is 104 Å². The summed E-state index contributed by atoms with van der Waals surface area (Å²) in [6, 6.07) is 0.249. The van der Waals surface area contributed by atoms with Crippen molar-refractivity contribution in [3.05, 3.63) is 16.1 Å². The predicted octanol–water partition coefficient (Wildman–Crippen LogP) is 1.90. The second-order valence-electron chi connectivity index (χ2n) is 3.73. The third-order valence-electron chi connectivity index (χ3n) is 2.23. The number of nitrogens with one attached hydrogen (secondary N) is 1. The molecule has 0 fully saturated rings. The fourth-order valence-electron chi connectivity index (χ4n) is 1.31. The van der Waals surface area contributed by atoms with E-state index in [0.717, 1.165) is 15.8 Å². The molecule has 0 radical (unpaired) electrons. The number of aliphatic hydroxyl groups is 1. The van der Waals surface area contributed by atoms with Gasteiger partial charge in [-0.05, 0) is 34.9 Å². The molecule has 84 valence electrons. The van der Waals surface area contributed by atoms with Gasteiger partial charge in [-0.1, -0.05) is 13.8 Å². The molecule has 0 saturated carbocycles. The Bertz CT molecular complexity index is 306. The standard InChI is InChI=1S/C10H16IN3O/c1-7(2)9(3-4-15)14-10-8(11)5-12-6-13-10/h5-7,9,15H,3-4H2,1-2H3,(H,12,13,14). The molecule has 1 heterocycles. The molecule has 1 unspecified atom stereocenters. The third-order valence-corrected chi connectivity index (χ3v) is 3.02. The maximum Gasteiger partial charge on any atom is 0.143 e. The normalized spacial score (nSPS) is 12.9. The number of nitrogens with zero attached hydrogens (tertiary/aromatic N) is 2. The fourth-order valence-corrected chi connectivity index (χ4v) is 1.76. The Morgan fingerprint density at radius 1 is 1.53 bits per heavy atom. The molecular formula is C10H16IN3O. The Kier molecular flexibility index (Phi) is 5.24. The molecule has 1 aromatic rings. The molecule has 0 aromatic carbocycles. The van der Waals surface area contributed by atoms with Gasteiger partial charge in [-0.2, -0.15) is 0 Å². The Hall–Kier alpha value is -0.430. The van der Waals surface area contributed by atoms with Crippen LogP contribution in [0.25, 0.3) is 0 Å². The molecule has 0 spiro atoms. The van der Waals surface area contributed by atoms with Gasteiger partial charge in [-0.3, -0.25) is 0 Å². The average molecular weight is 321 g/mol. The van der Waals surface area contributed by atoms with Crippen LogP contribution in [0.4, 0.5) is 5.82 Å². The summed E-state index contributed by atoms with van der Waals surface area (Å²) >= 11 is 2.20. The lowest BCUT2D eigenvalue weighted by atomic mass is 10.0. The first-order chi connectivity index (χ1) is 7.15. The maximum absolute atomic E-state index is 8.96. The Morgan fingerprint density at radius 2 is 2.27 bits per heavy atom. The van der Waals surface area contributed by atoms with E-state index in [1.807, 2.05) is 0 Å². The first kappa shape index (κ1) is 12.6. The van der Waals surface area contributed by atoms with E-state index in [-0.39, 0.29) is 12.6 Å². The monoisotopic (exact) mass is 321 g/mol. The highest BCUT2D eigenvalue weighted by Gasteiger charge is 2.14. The van der Waals surface area contributed by atoms with Crippen molar-refractivity contribution in [2.75, 3.05) is 11.9 Å². The topological polar surface area (TPSA) is 58.0 Å². The van der Waals surface area contributed by atoms with Gasteiger partial charge in [0.15, 0.2) is 0 Å². The van der Waals surface area contributed by atoms with Gasteiger partial charge in [-0.15, -0.1) is 0 Å². The minimum atomic E-state index is 0.192. The van der Waals surface area contributed by atoms with Gasteiger partial charge < -0.3 is 10.4 Å². The van der Waals surface area contributed by atoms with Crippen LogP contribution in [0.1, 0.15) is 20.3 Å². The van der Waals surface area contributed by atoms with Crippen LogP contribution in [0, 0.1) is 9.49 Å². The van der Waals surface area contributed by atoms with Crippen LogP contribution in [-0.4, -0.2) is 27.7 Å². The van der Waals surface area contributed by atoms with Crippen LogP contribution in [0.2, 0.25) is 0 Å². The summed E-state index contributed by atoms with van der Waals surface area (Å²) in [4.78, 5) is 8.11. The summed E-state index contributed by atoms with van der Waals surface area (Å²) in [5, 5.41) is 12.3. The van der Waals surface area contributed by atoms with Crippen LogP contribution in [0.5, 0.6) is 0 Å². The fraction of sp³-hybridized carbons (Fsp3) is 0.600. The molecule has 0 amide bonds. The van der Waals surface area contributed by atoms with E-state index in [9.17, 15) is 0 Å². The van der Waals surface area contributed by atoms with Gasteiger partial charge in [0.25, 0.3) is 0 Å². The molecule has 5 heteroatoms. The number of aromatic nitrogens is 2. The molecule has 4 nitrogen and oxygen atoms in total. The van der Waals surface area contributed by atoms with E-state index in [2.05, 4.69) is 51.7 Å². The molecule has 1 atom stereocenters. The number of hydrogen-bond acceptors (Lipinski definition) is 4. The van der Waals surface area contributed by atoms with Gasteiger partial charge in [0, 0.05) is 18.8 Å². The van der Waals surface area contributed by atoms with Crippen LogP contribution in [0.3, 0.4) is 0 Å². The summed E-state index contributed by atoms with van der Waals surface area (Å²) in [5.41, 5.74) is 0. The van der Waals surface area contributed by atoms with Crippen LogP contribution in [-0.2, 0) is 0 Å². The number of rotatable bonds is 5. The van der Waals surface area contributed by atoms with E-state index in [4.69, 9.17) is 5.11 Å². The number of hydrogen-bond donors (Lipinski definition) is 2. The van der Waals surface area contributed by atoms with Crippen molar-refractivity contribution < 1.29 is 5.11 Å². The van der Waals surface area contributed by atoms with Crippen molar-refractivity contribution in [3.63, 3.8) is 0 Å². The summed E-state index contributed by atoms with van der Waals surface area (Å²) in [5.74, 6) is 1.31.